The second-order valence-corrected chi connectivity index (χ2v) is 5.56. The Kier molecular flexibility index (Phi) is 5.01. The number of hydrogen-bond donors (Lipinski definition) is 1. The molecule has 0 bridgehead atoms. The first-order valence-electron chi connectivity index (χ1n) is 6.33. The van der Waals surface area contributed by atoms with Crippen LogP contribution in [0.1, 0.15) is 30.4 Å². The van der Waals surface area contributed by atoms with Gasteiger partial charge >= 0.3 is 0 Å². The Labute approximate surface area is 112 Å². The van der Waals surface area contributed by atoms with Crippen LogP contribution in [0.2, 0.25) is 0 Å². The molecule has 0 amide bonds. The SMILES string of the molecule is Cc1ccc(CNCC2CCCCO2)cc1Br. The fourth-order valence-electron chi connectivity index (χ4n) is 2.09. The predicted octanol–water partition coefficient (Wildman–Crippen LogP) is 3.42. The van der Waals surface area contributed by atoms with E-state index in [9.17, 15) is 0 Å². The summed E-state index contributed by atoms with van der Waals surface area (Å²) in [6.45, 7) is 4.92. The van der Waals surface area contributed by atoms with Crippen LogP contribution in [0.4, 0.5) is 0 Å². The van der Waals surface area contributed by atoms with Crippen LogP contribution in [0.15, 0.2) is 22.7 Å². The Hall–Kier alpha value is -0.380. The van der Waals surface area contributed by atoms with Gasteiger partial charge in [-0.2, -0.15) is 0 Å². The maximum absolute atomic E-state index is 5.69. The van der Waals surface area contributed by atoms with Gasteiger partial charge in [0.05, 0.1) is 6.10 Å². The molecular formula is C14H20BrNO. The van der Waals surface area contributed by atoms with Crippen molar-refractivity contribution in [2.75, 3.05) is 13.2 Å². The monoisotopic (exact) mass is 297 g/mol. The van der Waals surface area contributed by atoms with Crippen LogP contribution in [0.5, 0.6) is 0 Å². The minimum Gasteiger partial charge on any atom is -0.377 e. The molecule has 0 aliphatic carbocycles. The van der Waals surface area contributed by atoms with E-state index in [4.69, 9.17) is 4.74 Å². The summed E-state index contributed by atoms with van der Waals surface area (Å²) in [5.74, 6) is 0. The summed E-state index contributed by atoms with van der Waals surface area (Å²) in [4.78, 5) is 0. The number of ether oxygens (including phenoxy) is 1. The molecule has 17 heavy (non-hydrogen) atoms. The van der Waals surface area contributed by atoms with Crippen molar-refractivity contribution in [2.45, 2.75) is 38.8 Å². The zero-order chi connectivity index (χ0) is 12.1. The molecule has 1 aromatic carbocycles. The Morgan fingerprint density at radius 3 is 3.00 bits per heavy atom. The zero-order valence-electron chi connectivity index (χ0n) is 10.3. The first-order valence-corrected chi connectivity index (χ1v) is 7.12. The quantitative estimate of drug-likeness (QED) is 0.919. The van der Waals surface area contributed by atoms with E-state index in [0.29, 0.717) is 6.10 Å². The summed E-state index contributed by atoms with van der Waals surface area (Å²) in [7, 11) is 0. The van der Waals surface area contributed by atoms with Gasteiger partial charge in [0.25, 0.3) is 0 Å². The third-order valence-corrected chi connectivity index (χ3v) is 4.07. The van der Waals surface area contributed by atoms with Gasteiger partial charge in [-0.05, 0) is 43.4 Å². The number of halogens is 1. The fourth-order valence-corrected chi connectivity index (χ4v) is 2.52. The van der Waals surface area contributed by atoms with Crippen molar-refractivity contribution in [3.63, 3.8) is 0 Å². The van der Waals surface area contributed by atoms with Crippen LogP contribution >= 0.6 is 15.9 Å². The van der Waals surface area contributed by atoms with Crippen LogP contribution in [-0.2, 0) is 11.3 Å². The first kappa shape index (κ1) is 13.1. The van der Waals surface area contributed by atoms with E-state index in [1.807, 2.05) is 0 Å². The number of aryl methyl sites for hydroxylation is 1. The Bertz CT molecular complexity index is 361. The standard InChI is InChI=1S/C14H20BrNO/c1-11-5-6-12(8-14(11)15)9-16-10-13-4-2-3-7-17-13/h5-6,8,13,16H,2-4,7,9-10H2,1H3. The number of hydrogen-bond acceptors (Lipinski definition) is 2. The van der Waals surface area contributed by atoms with E-state index in [2.05, 4.69) is 46.4 Å². The largest absolute Gasteiger partial charge is 0.377 e. The molecule has 0 radical (unpaired) electrons. The van der Waals surface area contributed by atoms with Crippen molar-refractivity contribution >= 4 is 15.9 Å². The van der Waals surface area contributed by atoms with E-state index in [0.717, 1.165) is 19.7 Å². The zero-order valence-corrected chi connectivity index (χ0v) is 11.9. The van der Waals surface area contributed by atoms with Gasteiger partial charge in [0, 0.05) is 24.2 Å². The van der Waals surface area contributed by atoms with Crippen LogP contribution in [0.25, 0.3) is 0 Å². The van der Waals surface area contributed by atoms with Crippen molar-refractivity contribution in [1.29, 1.82) is 0 Å². The average Bonchev–Trinajstić information content (AvgIpc) is 2.35. The van der Waals surface area contributed by atoms with Crippen LogP contribution in [0.3, 0.4) is 0 Å². The molecule has 0 spiro atoms. The number of nitrogens with one attached hydrogen (secondary N) is 1. The topological polar surface area (TPSA) is 21.3 Å². The molecule has 0 aromatic heterocycles. The van der Waals surface area contributed by atoms with Crippen molar-refractivity contribution in [3.8, 4) is 0 Å². The van der Waals surface area contributed by atoms with Gasteiger partial charge in [-0.1, -0.05) is 28.1 Å². The maximum Gasteiger partial charge on any atom is 0.0699 e. The van der Waals surface area contributed by atoms with Gasteiger partial charge in [0.2, 0.25) is 0 Å². The van der Waals surface area contributed by atoms with Gasteiger partial charge in [-0.15, -0.1) is 0 Å². The molecule has 1 heterocycles. The summed E-state index contributed by atoms with van der Waals surface area (Å²) in [5, 5.41) is 3.47. The van der Waals surface area contributed by atoms with Gasteiger partial charge in [-0.3, -0.25) is 0 Å². The lowest BCUT2D eigenvalue weighted by molar-refractivity contribution is 0.0168. The lowest BCUT2D eigenvalue weighted by atomic mass is 10.1. The molecule has 1 fully saturated rings. The second-order valence-electron chi connectivity index (χ2n) is 4.70. The summed E-state index contributed by atoms with van der Waals surface area (Å²) >= 11 is 3.56. The molecule has 2 rings (SSSR count). The smallest absolute Gasteiger partial charge is 0.0699 e. The summed E-state index contributed by atoms with van der Waals surface area (Å²) in [6.07, 6.45) is 4.15. The fraction of sp³-hybridized carbons (Fsp3) is 0.571. The highest BCUT2D eigenvalue weighted by molar-refractivity contribution is 9.10. The Morgan fingerprint density at radius 2 is 2.29 bits per heavy atom. The molecule has 1 aliphatic rings. The number of rotatable bonds is 4. The van der Waals surface area contributed by atoms with E-state index in [1.165, 1.54) is 34.9 Å². The third kappa shape index (κ3) is 4.09. The molecule has 94 valence electrons. The van der Waals surface area contributed by atoms with E-state index in [-0.39, 0.29) is 0 Å². The number of benzene rings is 1. The van der Waals surface area contributed by atoms with E-state index < -0.39 is 0 Å². The minimum absolute atomic E-state index is 0.414. The van der Waals surface area contributed by atoms with Crippen LogP contribution in [0, 0.1) is 6.92 Å². The van der Waals surface area contributed by atoms with Gasteiger partial charge in [-0.25, -0.2) is 0 Å². The van der Waals surface area contributed by atoms with Gasteiger partial charge < -0.3 is 10.1 Å². The molecule has 1 aliphatic heterocycles. The Morgan fingerprint density at radius 1 is 1.41 bits per heavy atom. The first-order chi connectivity index (χ1) is 8.25. The molecule has 0 saturated carbocycles. The lowest BCUT2D eigenvalue weighted by Crippen LogP contribution is -2.31. The lowest BCUT2D eigenvalue weighted by Gasteiger charge is -2.22. The van der Waals surface area contributed by atoms with E-state index >= 15 is 0 Å². The molecule has 2 nitrogen and oxygen atoms in total. The molecule has 1 saturated heterocycles. The molecule has 1 aromatic rings. The second kappa shape index (κ2) is 6.53. The molecule has 1 N–H and O–H groups in total. The summed E-state index contributed by atoms with van der Waals surface area (Å²) in [5.41, 5.74) is 2.60. The highest BCUT2D eigenvalue weighted by atomic mass is 79.9. The van der Waals surface area contributed by atoms with Crippen molar-refractivity contribution in [1.82, 2.24) is 5.32 Å². The van der Waals surface area contributed by atoms with Crippen molar-refractivity contribution in [3.05, 3.63) is 33.8 Å². The van der Waals surface area contributed by atoms with Gasteiger partial charge in [0.1, 0.15) is 0 Å². The normalized spacial score (nSPS) is 20.5. The predicted molar refractivity (Wildman–Crippen MR) is 74.2 cm³/mol. The van der Waals surface area contributed by atoms with Gasteiger partial charge in [0.15, 0.2) is 0 Å². The molecule has 3 heteroatoms. The highest BCUT2D eigenvalue weighted by Crippen LogP contribution is 2.17. The minimum atomic E-state index is 0.414. The molecule has 1 atom stereocenters. The van der Waals surface area contributed by atoms with Crippen LogP contribution < -0.4 is 5.32 Å². The van der Waals surface area contributed by atoms with Crippen molar-refractivity contribution in [2.24, 2.45) is 0 Å². The molecule has 1 unspecified atom stereocenters. The summed E-state index contributed by atoms with van der Waals surface area (Å²) in [6, 6.07) is 6.51. The maximum atomic E-state index is 5.69. The summed E-state index contributed by atoms with van der Waals surface area (Å²) < 4.78 is 6.87. The van der Waals surface area contributed by atoms with Crippen molar-refractivity contribution < 1.29 is 4.74 Å². The molecular weight excluding hydrogens is 278 g/mol. The third-order valence-electron chi connectivity index (χ3n) is 3.21. The highest BCUT2D eigenvalue weighted by Gasteiger charge is 2.12. The Balaban J connectivity index is 1.75. The average molecular weight is 298 g/mol. The van der Waals surface area contributed by atoms with Crippen LogP contribution in [-0.4, -0.2) is 19.3 Å². The van der Waals surface area contributed by atoms with E-state index in [1.54, 1.807) is 0 Å².